The van der Waals surface area contributed by atoms with E-state index in [4.69, 9.17) is 4.74 Å². The Hall–Kier alpha value is -1.36. The highest BCUT2D eigenvalue weighted by Gasteiger charge is 2.33. The largest absolute Gasteiger partial charge is 0.465 e. The molecular formula is C15H27N3O2. The van der Waals surface area contributed by atoms with Crippen molar-refractivity contribution in [2.24, 2.45) is 0 Å². The molecule has 0 aliphatic heterocycles. The number of nitrogens with one attached hydrogen (secondary N) is 1. The zero-order valence-corrected chi connectivity index (χ0v) is 13.3. The van der Waals surface area contributed by atoms with E-state index in [1.54, 1.807) is 0 Å². The zero-order chi connectivity index (χ0) is 15.2. The molecule has 0 spiro atoms. The molecule has 0 aliphatic rings. The Morgan fingerprint density at radius 2 is 2.15 bits per heavy atom. The van der Waals surface area contributed by atoms with Gasteiger partial charge in [0, 0.05) is 12.2 Å². The second kappa shape index (κ2) is 7.43. The van der Waals surface area contributed by atoms with Gasteiger partial charge in [0.15, 0.2) is 0 Å². The summed E-state index contributed by atoms with van der Waals surface area (Å²) in [7, 11) is 0. The molecule has 0 bridgehead atoms. The van der Waals surface area contributed by atoms with Crippen LogP contribution in [0.4, 0.5) is 0 Å². The number of hydrogen-bond acceptors (Lipinski definition) is 4. The molecule has 1 rings (SSSR count). The minimum Gasteiger partial charge on any atom is -0.465 e. The van der Waals surface area contributed by atoms with Gasteiger partial charge in [-0.1, -0.05) is 6.92 Å². The third-order valence-corrected chi connectivity index (χ3v) is 3.42. The SMILES string of the molecule is CCCNC(C)(CCn1nc(C)cc1C)C(=O)OCC. The Labute approximate surface area is 121 Å². The predicted octanol–water partition coefficient (Wildman–Crippen LogP) is 2.21. The lowest BCUT2D eigenvalue weighted by Gasteiger charge is -2.28. The van der Waals surface area contributed by atoms with Crippen LogP contribution < -0.4 is 5.32 Å². The van der Waals surface area contributed by atoms with Crippen LogP contribution in [-0.2, 0) is 16.1 Å². The van der Waals surface area contributed by atoms with Crippen LogP contribution in [0.1, 0.15) is 45.0 Å². The number of esters is 1. The first-order valence-electron chi connectivity index (χ1n) is 7.36. The average Bonchev–Trinajstić information content (AvgIpc) is 2.72. The molecule has 5 nitrogen and oxygen atoms in total. The fourth-order valence-corrected chi connectivity index (χ4v) is 2.18. The first-order valence-corrected chi connectivity index (χ1v) is 7.36. The molecule has 0 saturated heterocycles. The molecule has 0 amide bonds. The van der Waals surface area contributed by atoms with E-state index in [0.29, 0.717) is 19.6 Å². The first-order chi connectivity index (χ1) is 9.42. The monoisotopic (exact) mass is 281 g/mol. The third-order valence-electron chi connectivity index (χ3n) is 3.42. The fourth-order valence-electron chi connectivity index (χ4n) is 2.18. The highest BCUT2D eigenvalue weighted by atomic mass is 16.5. The van der Waals surface area contributed by atoms with Crippen molar-refractivity contribution in [3.05, 3.63) is 17.5 Å². The molecular weight excluding hydrogens is 254 g/mol. The van der Waals surface area contributed by atoms with Crippen LogP contribution in [0.25, 0.3) is 0 Å². The standard InChI is InChI=1S/C15H27N3O2/c1-6-9-16-15(5,14(19)20-7-2)8-10-18-13(4)11-12(3)17-18/h11,16H,6-10H2,1-5H3. The topological polar surface area (TPSA) is 56.2 Å². The maximum absolute atomic E-state index is 12.2. The molecule has 0 saturated carbocycles. The number of aromatic nitrogens is 2. The fraction of sp³-hybridized carbons (Fsp3) is 0.733. The molecule has 20 heavy (non-hydrogen) atoms. The van der Waals surface area contributed by atoms with Crippen molar-refractivity contribution in [3.63, 3.8) is 0 Å². The van der Waals surface area contributed by atoms with E-state index in [1.165, 1.54) is 0 Å². The van der Waals surface area contributed by atoms with Crippen LogP contribution in [0.3, 0.4) is 0 Å². The Morgan fingerprint density at radius 1 is 1.45 bits per heavy atom. The maximum atomic E-state index is 12.2. The molecule has 1 aromatic rings. The average molecular weight is 281 g/mol. The molecule has 1 unspecified atom stereocenters. The molecule has 1 N–H and O–H groups in total. The van der Waals surface area contributed by atoms with Gasteiger partial charge in [-0.3, -0.25) is 9.48 Å². The number of nitrogens with zero attached hydrogens (tertiary/aromatic N) is 2. The van der Waals surface area contributed by atoms with E-state index < -0.39 is 5.54 Å². The summed E-state index contributed by atoms with van der Waals surface area (Å²) in [4.78, 5) is 12.2. The number of hydrogen-bond donors (Lipinski definition) is 1. The Balaban J connectivity index is 2.73. The van der Waals surface area contributed by atoms with E-state index in [0.717, 1.165) is 24.4 Å². The molecule has 114 valence electrons. The summed E-state index contributed by atoms with van der Waals surface area (Å²) in [6, 6.07) is 2.04. The van der Waals surface area contributed by atoms with Crippen LogP contribution in [0, 0.1) is 13.8 Å². The molecule has 5 heteroatoms. The number of rotatable bonds is 8. The number of ether oxygens (including phenoxy) is 1. The minimum absolute atomic E-state index is 0.185. The number of carbonyl (C=O) groups is 1. The maximum Gasteiger partial charge on any atom is 0.326 e. The van der Waals surface area contributed by atoms with Crippen LogP contribution in [0.2, 0.25) is 0 Å². The summed E-state index contributed by atoms with van der Waals surface area (Å²) in [5.74, 6) is -0.185. The first kappa shape index (κ1) is 16.7. The van der Waals surface area contributed by atoms with Gasteiger partial charge in [0.2, 0.25) is 0 Å². The van der Waals surface area contributed by atoms with E-state index in [-0.39, 0.29) is 5.97 Å². The number of carbonyl (C=O) groups excluding carboxylic acids is 1. The third kappa shape index (κ3) is 4.34. The van der Waals surface area contributed by atoms with Crippen LogP contribution in [0.15, 0.2) is 6.07 Å². The molecule has 0 aromatic carbocycles. The predicted molar refractivity (Wildman–Crippen MR) is 79.6 cm³/mol. The Morgan fingerprint density at radius 3 is 2.65 bits per heavy atom. The minimum atomic E-state index is -0.654. The van der Waals surface area contributed by atoms with Gasteiger partial charge in [-0.2, -0.15) is 5.10 Å². The second-order valence-electron chi connectivity index (χ2n) is 5.38. The highest BCUT2D eigenvalue weighted by Crippen LogP contribution is 2.15. The van der Waals surface area contributed by atoms with Crippen molar-refractivity contribution < 1.29 is 9.53 Å². The molecule has 1 aromatic heterocycles. The smallest absolute Gasteiger partial charge is 0.326 e. The van der Waals surface area contributed by atoms with Gasteiger partial charge in [-0.05, 0) is 53.1 Å². The van der Waals surface area contributed by atoms with E-state index in [2.05, 4.69) is 17.3 Å². The van der Waals surface area contributed by atoms with Crippen molar-refractivity contribution in [1.82, 2.24) is 15.1 Å². The second-order valence-corrected chi connectivity index (χ2v) is 5.38. The normalized spacial score (nSPS) is 14.1. The summed E-state index contributed by atoms with van der Waals surface area (Å²) >= 11 is 0. The molecule has 0 fully saturated rings. The lowest BCUT2D eigenvalue weighted by Crippen LogP contribution is -2.51. The summed E-state index contributed by atoms with van der Waals surface area (Å²) in [5, 5.41) is 7.75. The van der Waals surface area contributed by atoms with Crippen molar-refractivity contribution >= 4 is 5.97 Å². The highest BCUT2D eigenvalue weighted by molar-refractivity contribution is 5.80. The van der Waals surface area contributed by atoms with Gasteiger partial charge < -0.3 is 10.1 Å². The summed E-state index contributed by atoms with van der Waals surface area (Å²) in [6.07, 6.45) is 1.64. The van der Waals surface area contributed by atoms with E-state index in [9.17, 15) is 4.79 Å². The molecule has 1 heterocycles. The van der Waals surface area contributed by atoms with Crippen LogP contribution in [-0.4, -0.2) is 34.4 Å². The van der Waals surface area contributed by atoms with Gasteiger partial charge in [-0.15, -0.1) is 0 Å². The van der Waals surface area contributed by atoms with Crippen LogP contribution in [0.5, 0.6) is 0 Å². The van der Waals surface area contributed by atoms with Gasteiger partial charge in [0.25, 0.3) is 0 Å². The lowest BCUT2D eigenvalue weighted by atomic mass is 9.97. The summed E-state index contributed by atoms with van der Waals surface area (Å²) in [5.41, 5.74) is 1.46. The van der Waals surface area contributed by atoms with Gasteiger partial charge in [0.05, 0.1) is 12.3 Å². The Kier molecular flexibility index (Phi) is 6.20. The van der Waals surface area contributed by atoms with E-state index >= 15 is 0 Å². The van der Waals surface area contributed by atoms with Gasteiger partial charge in [0.1, 0.15) is 5.54 Å². The van der Waals surface area contributed by atoms with Crippen molar-refractivity contribution in [1.29, 1.82) is 0 Å². The zero-order valence-electron chi connectivity index (χ0n) is 13.3. The van der Waals surface area contributed by atoms with Gasteiger partial charge >= 0.3 is 5.97 Å². The Bertz CT molecular complexity index is 442. The summed E-state index contributed by atoms with van der Waals surface area (Å²) in [6.45, 7) is 11.7. The molecule has 0 aliphatic carbocycles. The van der Waals surface area contributed by atoms with Gasteiger partial charge in [-0.25, -0.2) is 0 Å². The van der Waals surface area contributed by atoms with Crippen molar-refractivity contribution in [2.45, 2.75) is 59.5 Å². The lowest BCUT2D eigenvalue weighted by molar-refractivity contribution is -0.151. The van der Waals surface area contributed by atoms with Crippen LogP contribution >= 0.6 is 0 Å². The summed E-state index contributed by atoms with van der Waals surface area (Å²) < 4.78 is 7.14. The number of aryl methyl sites for hydroxylation is 3. The molecule has 0 radical (unpaired) electrons. The van der Waals surface area contributed by atoms with E-state index in [1.807, 2.05) is 38.4 Å². The van der Waals surface area contributed by atoms with Crippen molar-refractivity contribution in [3.8, 4) is 0 Å². The van der Waals surface area contributed by atoms with Crippen molar-refractivity contribution in [2.75, 3.05) is 13.2 Å². The quantitative estimate of drug-likeness (QED) is 0.742. The molecule has 1 atom stereocenters.